The van der Waals surface area contributed by atoms with Gasteiger partial charge in [0.25, 0.3) is 0 Å². The van der Waals surface area contributed by atoms with E-state index in [1.54, 1.807) is 0 Å². The number of benzene rings is 3. The lowest BCUT2D eigenvalue weighted by molar-refractivity contribution is -0.305. The van der Waals surface area contributed by atoms with Gasteiger partial charge in [-0.1, -0.05) is 24.3 Å². The number of carboxylic acid groups (broad SMARTS) is 1. The maximum Gasteiger partial charge on any atom is 0.416 e. The van der Waals surface area contributed by atoms with Gasteiger partial charge in [0.15, 0.2) is 0 Å². The molecule has 3 aromatic carbocycles. The van der Waals surface area contributed by atoms with Gasteiger partial charge in [0.2, 0.25) is 5.89 Å². The number of aromatic nitrogens is 1. The van der Waals surface area contributed by atoms with Crippen molar-refractivity contribution in [3.63, 3.8) is 0 Å². The lowest BCUT2D eigenvalue weighted by atomic mass is 9.91. The minimum Gasteiger partial charge on any atom is -0.550 e. The van der Waals surface area contributed by atoms with Crippen molar-refractivity contribution in [2.75, 3.05) is 18.1 Å². The summed E-state index contributed by atoms with van der Waals surface area (Å²) in [6, 6.07) is 18.5. The van der Waals surface area contributed by atoms with Crippen molar-refractivity contribution in [3.8, 4) is 17.2 Å². The summed E-state index contributed by atoms with van der Waals surface area (Å²) >= 11 is 0. The van der Waals surface area contributed by atoms with Crippen molar-refractivity contribution in [2.45, 2.75) is 45.3 Å². The first kappa shape index (κ1) is 27.3. The first-order valence-corrected chi connectivity index (χ1v) is 13.1. The van der Waals surface area contributed by atoms with Gasteiger partial charge in [-0.25, -0.2) is 4.98 Å². The largest absolute Gasteiger partial charge is 0.550 e. The molecule has 0 saturated carbocycles. The van der Waals surface area contributed by atoms with Crippen molar-refractivity contribution in [1.29, 1.82) is 0 Å². The average Bonchev–Trinajstić information content (AvgIpc) is 3.32. The van der Waals surface area contributed by atoms with E-state index < -0.39 is 17.7 Å². The van der Waals surface area contributed by atoms with Gasteiger partial charge in [0.1, 0.15) is 11.5 Å². The van der Waals surface area contributed by atoms with Gasteiger partial charge < -0.3 is 24.0 Å². The summed E-state index contributed by atoms with van der Waals surface area (Å²) in [5.74, 6) is 0.867. The zero-order valence-electron chi connectivity index (χ0n) is 22.0. The highest BCUT2D eigenvalue weighted by Gasteiger charge is 2.30. The van der Waals surface area contributed by atoms with Crippen LogP contribution in [0.5, 0.6) is 5.75 Å². The molecule has 5 rings (SSSR count). The Morgan fingerprint density at radius 2 is 1.77 bits per heavy atom. The minimum absolute atomic E-state index is 0.123. The van der Waals surface area contributed by atoms with E-state index in [9.17, 15) is 23.1 Å². The highest BCUT2D eigenvalue weighted by Crippen LogP contribution is 2.35. The molecule has 0 N–H and O–H groups in total. The van der Waals surface area contributed by atoms with Crippen LogP contribution < -0.4 is 14.7 Å². The Morgan fingerprint density at radius 3 is 2.48 bits per heavy atom. The first-order chi connectivity index (χ1) is 19.2. The number of nitrogens with zero attached hydrogens (tertiary/aromatic N) is 2. The van der Waals surface area contributed by atoms with E-state index in [1.807, 2.05) is 54.3 Å². The fourth-order valence-electron chi connectivity index (χ4n) is 5.02. The Balaban J connectivity index is 1.33. The Bertz CT molecular complexity index is 1480. The first-order valence-electron chi connectivity index (χ1n) is 13.1. The van der Waals surface area contributed by atoms with Crippen LogP contribution in [-0.2, 0) is 36.8 Å². The van der Waals surface area contributed by atoms with E-state index in [0.29, 0.717) is 56.3 Å². The molecule has 0 radical (unpaired) electrons. The van der Waals surface area contributed by atoms with Gasteiger partial charge in [-0.2, -0.15) is 13.2 Å². The van der Waals surface area contributed by atoms with E-state index in [-0.39, 0.29) is 6.42 Å². The molecule has 40 heavy (non-hydrogen) atoms. The fourth-order valence-corrected chi connectivity index (χ4v) is 5.02. The normalized spacial score (nSPS) is 13.2. The molecule has 0 aliphatic carbocycles. The smallest absolute Gasteiger partial charge is 0.416 e. The summed E-state index contributed by atoms with van der Waals surface area (Å²) in [4.78, 5) is 17.8. The Kier molecular flexibility index (Phi) is 7.82. The predicted molar refractivity (Wildman–Crippen MR) is 142 cm³/mol. The van der Waals surface area contributed by atoms with Crippen LogP contribution in [0.25, 0.3) is 11.5 Å². The fraction of sp³-hybridized carbons (Fsp3) is 0.290. The molecule has 208 valence electrons. The molecule has 0 saturated heterocycles. The summed E-state index contributed by atoms with van der Waals surface area (Å²) in [5.41, 5.74) is 4.48. The third kappa shape index (κ3) is 6.14. The number of carbonyl (C=O) groups excluding carboxylic acids is 1. The zero-order chi connectivity index (χ0) is 28.3. The molecule has 6 nitrogen and oxygen atoms in total. The molecule has 0 fully saturated rings. The van der Waals surface area contributed by atoms with Crippen molar-refractivity contribution >= 4 is 11.7 Å². The number of aliphatic carboxylic acids is 1. The van der Waals surface area contributed by atoms with Crippen molar-refractivity contribution < 1.29 is 32.2 Å². The lowest BCUT2D eigenvalue weighted by Crippen LogP contribution is -2.32. The Labute approximate surface area is 230 Å². The third-order valence-corrected chi connectivity index (χ3v) is 7.13. The van der Waals surface area contributed by atoms with Crippen molar-refractivity contribution in [3.05, 3.63) is 100 Å². The molecule has 1 aromatic heterocycles. The predicted octanol–water partition coefficient (Wildman–Crippen LogP) is 5.54. The number of rotatable bonds is 9. The van der Waals surface area contributed by atoms with Crippen LogP contribution in [0.3, 0.4) is 0 Å². The highest BCUT2D eigenvalue weighted by molar-refractivity contribution is 5.65. The van der Waals surface area contributed by atoms with Gasteiger partial charge in [0.05, 0.1) is 17.9 Å². The molecule has 0 atom stereocenters. The summed E-state index contributed by atoms with van der Waals surface area (Å²) in [6.07, 6.45) is -3.08. The second-order valence-corrected chi connectivity index (χ2v) is 9.75. The number of aryl methyl sites for hydroxylation is 2. The average molecular weight is 550 g/mol. The number of fused-ring (bicyclic) bond motifs is 1. The highest BCUT2D eigenvalue weighted by atomic mass is 19.4. The number of alkyl halides is 3. The molecular weight excluding hydrogens is 521 g/mol. The molecule has 9 heteroatoms. The second-order valence-electron chi connectivity index (χ2n) is 9.75. The molecule has 1 aliphatic heterocycles. The van der Waals surface area contributed by atoms with E-state index in [0.717, 1.165) is 45.8 Å². The monoisotopic (exact) mass is 549 g/mol. The van der Waals surface area contributed by atoms with Crippen LogP contribution in [0.4, 0.5) is 18.9 Å². The molecular formula is C31H28F3N2O4-. The van der Waals surface area contributed by atoms with Gasteiger partial charge in [-0.3, -0.25) is 0 Å². The number of hydrogen-bond donors (Lipinski definition) is 0. The van der Waals surface area contributed by atoms with Crippen LogP contribution in [0, 0.1) is 6.92 Å². The van der Waals surface area contributed by atoms with Crippen molar-refractivity contribution in [2.24, 2.45) is 0 Å². The molecule has 4 aromatic rings. The summed E-state index contributed by atoms with van der Waals surface area (Å²) in [7, 11) is 0. The Hall–Kier alpha value is -4.27. The third-order valence-electron chi connectivity index (χ3n) is 7.13. The van der Waals surface area contributed by atoms with E-state index >= 15 is 0 Å². The van der Waals surface area contributed by atoms with Crippen LogP contribution in [0.2, 0.25) is 0 Å². The van der Waals surface area contributed by atoms with E-state index in [2.05, 4.69) is 4.98 Å². The SMILES string of the molecule is Cc1oc(-c2ccccc2)nc1CCOc1ccc(CCC(=O)[O-])c2c1CCN(c1ccc(C(F)(F)F)cc1)C2. The number of anilines is 1. The molecule has 0 amide bonds. The topological polar surface area (TPSA) is 78.6 Å². The zero-order valence-corrected chi connectivity index (χ0v) is 22.0. The van der Waals surface area contributed by atoms with Gasteiger partial charge in [-0.05, 0) is 79.8 Å². The molecule has 1 aliphatic rings. The number of carboxylic acids is 1. The van der Waals surface area contributed by atoms with Gasteiger partial charge >= 0.3 is 6.18 Å². The molecule has 0 unspecified atom stereocenters. The molecule has 2 heterocycles. The maximum atomic E-state index is 13.0. The van der Waals surface area contributed by atoms with Crippen molar-refractivity contribution in [1.82, 2.24) is 4.98 Å². The van der Waals surface area contributed by atoms with Gasteiger partial charge in [-0.15, -0.1) is 0 Å². The number of ether oxygens (including phenoxy) is 1. The number of oxazole rings is 1. The van der Waals surface area contributed by atoms with E-state index in [4.69, 9.17) is 9.15 Å². The van der Waals surface area contributed by atoms with Crippen LogP contribution in [0.15, 0.2) is 71.1 Å². The quantitative estimate of drug-likeness (QED) is 0.273. The molecule has 0 bridgehead atoms. The maximum absolute atomic E-state index is 13.0. The van der Waals surface area contributed by atoms with Crippen LogP contribution in [0.1, 0.15) is 40.1 Å². The second kappa shape index (κ2) is 11.5. The Morgan fingerprint density at radius 1 is 1.02 bits per heavy atom. The van der Waals surface area contributed by atoms with Crippen LogP contribution in [-0.4, -0.2) is 24.1 Å². The standard InChI is InChI=1S/C31H29F3N2O4/c1-20-27(35-30(40-20)22-5-3-2-4-6-22)16-18-39-28-13-7-21(8-14-29(37)38)26-19-36(17-15-25(26)28)24-11-9-23(10-12-24)31(32,33)34/h2-7,9-13H,8,14-19H2,1H3,(H,37,38)/p-1. The van der Waals surface area contributed by atoms with Crippen LogP contribution >= 0.6 is 0 Å². The summed E-state index contributed by atoms with van der Waals surface area (Å²) in [6.45, 7) is 3.26. The number of hydrogen-bond acceptors (Lipinski definition) is 6. The number of carbonyl (C=O) groups is 1. The van der Waals surface area contributed by atoms with E-state index in [1.165, 1.54) is 12.1 Å². The summed E-state index contributed by atoms with van der Waals surface area (Å²) < 4.78 is 51.1. The summed E-state index contributed by atoms with van der Waals surface area (Å²) in [5, 5.41) is 11.2. The number of halogens is 3. The molecule has 0 spiro atoms. The lowest BCUT2D eigenvalue weighted by Gasteiger charge is -2.33. The van der Waals surface area contributed by atoms with Gasteiger partial charge in [0, 0.05) is 42.3 Å². The minimum atomic E-state index is -4.40.